The molecule has 0 spiro atoms. The number of anilines is 1. The lowest BCUT2D eigenvalue weighted by Crippen LogP contribution is -2.31. The van der Waals surface area contributed by atoms with Crippen molar-refractivity contribution in [2.45, 2.75) is 19.3 Å². The predicted octanol–water partition coefficient (Wildman–Crippen LogP) is 3.33. The zero-order chi connectivity index (χ0) is 20.5. The van der Waals surface area contributed by atoms with Gasteiger partial charge in [0.15, 0.2) is 5.43 Å². The molecule has 1 aromatic heterocycles. The minimum Gasteiger partial charge on any atom is -0.497 e. The number of aromatic nitrogens is 5. The van der Waals surface area contributed by atoms with Gasteiger partial charge in [-0.3, -0.25) is 4.79 Å². The molecule has 5 rings (SSSR count). The Hall–Kier alpha value is -3.68. The Bertz CT molecular complexity index is 1180. The molecule has 1 aromatic carbocycles. The van der Waals surface area contributed by atoms with Crippen molar-refractivity contribution in [1.82, 2.24) is 25.6 Å². The number of fused-ring (bicyclic) bond motifs is 1. The monoisotopic (exact) mass is 402 g/mol. The van der Waals surface area contributed by atoms with Crippen LogP contribution in [-0.4, -0.2) is 45.8 Å². The van der Waals surface area contributed by atoms with Crippen LogP contribution in [0.15, 0.2) is 47.3 Å². The average molecular weight is 402 g/mol. The number of hydrogen-bond donors (Lipinski definition) is 2. The average Bonchev–Trinajstić information content (AvgIpc) is 3.33. The van der Waals surface area contributed by atoms with Crippen LogP contribution in [0.4, 0.5) is 5.82 Å². The topological polar surface area (TPSA) is 99.8 Å². The summed E-state index contributed by atoms with van der Waals surface area (Å²) in [6, 6.07) is 13.3. The smallest absolute Gasteiger partial charge is 0.208 e. The molecular formula is C22H22N6O2. The Kier molecular flexibility index (Phi) is 4.66. The lowest BCUT2D eigenvalue weighted by molar-refractivity contribution is 0.414. The Morgan fingerprint density at radius 2 is 1.80 bits per heavy atom. The maximum atomic E-state index is 13.2. The molecule has 1 aliphatic carbocycles. The van der Waals surface area contributed by atoms with Gasteiger partial charge in [-0.05, 0) is 30.0 Å². The summed E-state index contributed by atoms with van der Waals surface area (Å²) >= 11 is 0. The normalized spacial score (nSPS) is 14.2. The van der Waals surface area contributed by atoms with Crippen LogP contribution in [0.1, 0.15) is 19.3 Å². The third kappa shape index (κ3) is 3.10. The van der Waals surface area contributed by atoms with Crippen molar-refractivity contribution >= 4 is 5.82 Å². The van der Waals surface area contributed by atoms with Crippen LogP contribution >= 0.6 is 0 Å². The number of piperidine rings is 1. The number of benzene rings is 2. The number of H-pyrrole nitrogens is 2. The summed E-state index contributed by atoms with van der Waals surface area (Å²) in [6.45, 7) is 1.85. The van der Waals surface area contributed by atoms with Gasteiger partial charge in [0.1, 0.15) is 11.6 Å². The highest BCUT2D eigenvalue weighted by molar-refractivity contribution is 5.98. The molecule has 0 bridgehead atoms. The Morgan fingerprint density at radius 1 is 1.00 bits per heavy atom. The summed E-state index contributed by atoms with van der Waals surface area (Å²) in [7, 11) is 1.57. The third-order valence-corrected chi connectivity index (χ3v) is 5.60. The first-order chi connectivity index (χ1) is 14.8. The second kappa shape index (κ2) is 7.62. The summed E-state index contributed by atoms with van der Waals surface area (Å²) in [5.74, 6) is 1.89. The molecule has 8 heteroatoms. The van der Waals surface area contributed by atoms with Crippen molar-refractivity contribution in [1.29, 1.82) is 0 Å². The van der Waals surface area contributed by atoms with Crippen molar-refractivity contribution in [2.75, 3.05) is 25.1 Å². The van der Waals surface area contributed by atoms with Crippen molar-refractivity contribution in [3.63, 3.8) is 0 Å². The zero-order valence-electron chi connectivity index (χ0n) is 16.7. The fourth-order valence-electron chi connectivity index (χ4n) is 4.23. The maximum Gasteiger partial charge on any atom is 0.208 e. The third-order valence-electron chi connectivity index (χ3n) is 5.60. The van der Waals surface area contributed by atoms with Gasteiger partial charge >= 0.3 is 0 Å². The highest BCUT2D eigenvalue weighted by Crippen LogP contribution is 2.44. The number of ether oxygens (including phenoxy) is 1. The van der Waals surface area contributed by atoms with Crippen molar-refractivity contribution < 1.29 is 4.74 Å². The molecule has 3 heterocycles. The molecule has 0 amide bonds. The highest BCUT2D eigenvalue weighted by atomic mass is 16.5. The second-order valence-electron chi connectivity index (χ2n) is 7.42. The van der Waals surface area contributed by atoms with E-state index >= 15 is 0 Å². The van der Waals surface area contributed by atoms with Gasteiger partial charge in [-0.15, -0.1) is 10.2 Å². The fourth-order valence-corrected chi connectivity index (χ4v) is 4.23. The Labute approximate surface area is 173 Å². The first kappa shape index (κ1) is 18.4. The van der Waals surface area contributed by atoms with E-state index in [1.165, 1.54) is 12.5 Å². The van der Waals surface area contributed by atoms with Gasteiger partial charge in [-0.25, -0.2) is 0 Å². The first-order valence-electron chi connectivity index (χ1n) is 10.1. The van der Waals surface area contributed by atoms with E-state index in [0.29, 0.717) is 17.1 Å². The van der Waals surface area contributed by atoms with E-state index in [1.54, 1.807) is 7.11 Å². The molecule has 2 N–H and O–H groups in total. The van der Waals surface area contributed by atoms with Crippen LogP contribution in [0.25, 0.3) is 33.8 Å². The molecule has 0 radical (unpaired) electrons. The number of methoxy groups -OCH3 is 1. The molecule has 2 aromatic rings. The molecule has 0 atom stereocenters. The predicted molar refractivity (Wildman–Crippen MR) is 115 cm³/mol. The lowest BCUT2D eigenvalue weighted by Gasteiger charge is -2.32. The molecule has 8 nitrogen and oxygen atoms in total. The van der Waals surface area contributed by atoms with Crippen molar-refractivity contribution in [2.24, 2.45) is 0 Å². The number of tetrazole rings is 1. The molecule has 1 saturated heterocycles. The van der Waals surface area contributed by atoms with Gasteiger partial charge in [0.2, 0.25) is 5.82 Å². The summed E-state index contributed by atoms with van der Waals surface area (Å²) in [4.78, 5) is 19.0. The van der Waals surface area contributed by atoms with E-state index in [1.807, 2.05) is 36.4 Å². The van der Waals surface area contributed by atoms with Gasteiger partial charge in [0, 0.05) is 30.8 Å². The van der Waals surface area contributed by atoms with Crippen LogP contribution < -0.4 is 15.1 Å². The van der Waals surface area contributed by atoms with Gasteiger partial charge in [0.05, 0.1) is 23.9 Å². The largest absolute Gasteiger partial charge is 0.497 e. The number of rotatable bonds is 4. The summed E-state index contributed by atoms with van der Waals surface area (Å²) < 4.78 is 5.36. The zero-order valence-corrected chi connectivity index (χ0v) is 16.7. The van der Waals surface area contributed by atoms with E-state index in [9.17, 15) is 4.79 Å². The first-order valence-corrected chi connectivity index (χ1v) is 10.1. The van der Waals surface area contributed by atoms with Crippen molar-refractivity contribution in [3.8, 4) is 39.5 Å². The Balaban J connectivity index is 1.91. The van der Waals surface area contributed by atoms with E-state index in [2.05, 4.69) is 30.5 Å². The van der Waals surface area contributed by atoms with E-state index in [4.69, 9.17) is 4.74 Å². The molecule has 3 aliphatic rings. The Morgan fingerprint density at radius 3 is 2.50 bits per heavy atom. The summed E-state index contributed by atoms with van der Waals surface area (Å²) in [6.07, 6.45) is 3.44. The minimum absolute atomic E-state index is 0.116. The standard InChI is InChI=1S/C22H22N6O2/c1-30-15-12-16-19(17(29)13-15)18(14-8-4-2-5-9-14)20(21-24-26-27-25-21)22(23-16)28-10-6-3-7-11-28/h2,4-5,8-9,12-13,23H,3,6-7,10-11H2,1H3,(H,24,25,26,27). The van der Waals surface area contributed by atoms with Gasteiger partial charge in [0.25, 0.3) is 0 Å². The van der Waals surface area contributed by atoms with Crippen LogP contribution in [0.2, 0.25) is 0 Å². The summed E-state index contributed by atoms with van der Waals surface area (Å²) in [5, 5.41) is 14.9. The van der Waals surface area contributed by atoms with Crippen LogP contribution in [0.5, 0.6) is 5.75 Å². The van der Waals surface area contributed by atoms with E-state index < -0.39 is 0 Å². The molecule has 30 heavy (non-hydrogen) atoms. The maximum absolute atomic E-state index is 13.2. The van der Waals surface area contributed by atoms with Gasteiger partial charge in [-0.2, -0.15) is 5.21 Å². The number of hydrogen-bond acceptors (Lipinski definition) is 6. The molecule has 2 aliphatic heterocycles. The van der Waals surface area contributed by atoms with Crippen molar-refractivity contribution in [3.05, 3.63) is 52.7 Å². The van der Waals surface area contributed by atoms with Crippen LogP contribution in [-0.2, 0) is 0 Å². The molecule has 152 valence electrons. The minimum atomic E-state index is -0.116. The summed E-state index contributed by atoms with van der Waals surface area (Å²) in [5.41, 5.74) is 3.71. The van der Waals surface area contributed by atoms with Crippen LogP contribution in [0.3, 0.4) is 0 Å². The number of nitrogens with one attached hydrogen (secondary N) is 2. The van der Waals surface area contributed by atoms with E-state index in [0.717, 1.165) is 54.1 Å². The molecule has 1 fully saturated rings. The second-order valence-corrected chi connectivity index (χ2v) is 7.42. The van der Waals surface area contributed by atoms with Gasteiger partial charge < -0.3 is 14.6 Å². The SMILES string of the molecule is COc1cc2[nH]c(N3CCCCC3)c(-c3nn[nH]n3)c(-c3ccccc3)c-2c(=O)c1. The molecular weight excluding hydrogens is 380 g/mol. The number of nitrogens with zero attached hydrogens (tertiary/aromatic N) is 4. The number of pyridine rings is 1. The highest BCUT2D eigenvalue weighted by Gasteiger charge is 2.28. The lowest BCUT2D eigenvalue weighted by atomic mass is 9.90. The van der Waals surface area contributed by atoms with Gasteiger partial charge in [-0.1, -0.05) is 30.3 Å². The number of aromatic amines is 2. The fraction of sp³-hybridized carbons (Fsp3) is 0.273. The quantitative estimate of drug-likeness (QED) is 0.543. The van der Waals surface area contributed by atoms with Crippen LogP contribution in [0, 0.1) is 0 Å². The molecule has 0 saturated carbocycles. The molecule has 0 unspecified atom stereocenters. The van der Waals surface area contributed by atoms with E-state index in [-0.39, 0.29) is 5.43 Å².